The SMILES string of the molecule is CCOC1CC(Nc2ccc(C)cc2)C12CCCC2. The minimum absolute atomic E-state index is 0.418. The molecule has 2 saturated carbocycles. The molecule has 1 aromatic rings. The molecule has 0 aliphatic heterocycles. The molecule has 19 heavy (non-hydrogen) atoms. The summed E-state index contributed by atoms with van der Waals surface area (Å²) >= 11 is 0. The third-order valence-corrected chi connectivity index (χ3v) is 5.08. The molecule has 0 bridgehead atoms. The highest BCUT2D eigenvalue weighted by Crippen LogP contribution is 2.55. The van der Waals surface area contributed by atoms with E-state index in [1.807, 2.05) is 0 Å². The van der Waals surface area contributed by atoms with E-state index in [0.29, 0.717) is 17.6 Å². The second-order valence-corrected chi connectivity index (χ2v) is 6.18. The topological polar surface area (TPSA) is 21.3 Å². The first kappa shape index (κ1) is 13.0. The highest BCUT2D eigenvalue weighted by Gasteiger charge is 2.56. The second kappa shape index (κ2) is 5.16. The molecule has 0 aromatic heterocycles. The van der Waals surface area contributed by atoms with E-state index >= 15 is 0 Å². The van der Waals surface area contributed by atoms with E-state index in [4.69, 9.17) is 4.74 Å². The lowest BCUT2D eigenvalue weighted by atomic mass is 9.60. The summed E-state index contributed by atoms with van der Waals surface area (Å²) in [4.78, 5) is 0. The summed E-state index contributed by atoms with van der Waals surface area (Å²) < 4.78 is 5.96. The van der Waals surface area contributed by atoms with Crippen molar-refractivity contribution in [3.63, 3.8) is 0 Å². The number of hydrogen-bond acceptors (Lipinski definition) is 2. The van der Waals surface area contributed by atoms with Crippen molar-refractivity contribution >= 4 is 5.69 Å². The van der Waals surface area contributed by atoms with Crippen LogP contribution in [0.2, 0.25) is 0 Å². The predicted molar refractivity (Wildman–Crippen MR) is 79.5 cm³/mol. The molecule has 3 rings (SSSR count). The van der Waals surface area contributed by atoms with Crippen LogP contribution in [0.15, 0.2) is 24.3 Å². The molecule has 104 valence electrons. The fourth-order valence-electron chi connectivity index (χ4n) is 3.94. The number of aryl methyl sites for hydroxylation is 1. The molecule has 2 unspecified atom stereocenters. The lowest BCUT2D eigenvalue weighted by molar-refractivity contribution is -0.114. The van der Waals surface area contributed by atoms with Gasteiger partial charge < -0.3 is 10.1 Å². The van der Waals surface area contributed by atoms with Crippen LogP contribution in [-0.2, 0) is 4.74 Å². The molecular formula is C17H25NO. The Labute approximate surface area is 116 Å². The zero-order valence-electron chi connectivity index (χ0n) is 12.1. The van der Waals surface area contributed by atoms with Crippen LogP contribution in [0.5, 0.6) is 0 Å². The maximum Gasteiger partial charge on any atom is 0.0670 e. The van der Waals surface area contributed by atoms with Gasteiger partial charge in [0.25, 0.3) is 0 Å². The van der Waals surface area contributed by atoms with Gasteiger partial charge in [-0.15, -0.1) is 0 Å². The smallest absolute Gasteiger partial charge is 0.0670 e. The third kappa shape index (κ3) is 2.27. The summed E-state index contributed by atoms with van der Waals surface area (Å²) in [6.07, 6.45) is 7.07. The van der Waals surface area contributed by atoms with E-state index in [9.17, 15) is 0 Å². The van der Waals surface area contributed by atoms with Gasteiger partial charge in [-0.05, 0) is 45.2 Å². The first-order chi connectivity index (χ1) is 9.24. The minimum Gasteiger partial charge on any atom is -0.382 e. The number of hydrogen-bond donors (Lipinski definition) is 1. The van der Waals surface area contributed by atoms with Crippen molar-refractivity contribution in [2.24, 2.45) is 5.41 Å². The monoisotopic (exact) mass is 259 g/mol. The largest absolute Gasteiger partial charge is 0.382 e. The number of ether oxygens (including phenoxy) is 1. The molecule has 2 atom stereocenters. The molecule has 2 aliphatic rings. The standard InChI is InChI=1S/C17H25NO/c1-3-19-16-12-15(17(16)10-4-5-11-17)18-14-8-6-13(2)7-9-14/h6-9,15-16,18H,3-5,10-12H2,1-2H3. The Balaban J connectivity index is 1.70. The van der Waals surface area contributed by atoms with Gasteiger partial charge in [0.1, 0.15) is 0 Å². The summed E-state index contributed by atoms with van der Waals surface area (Å²) in [6.45, 7) is 5.10. The molecule has 2 aliphatic carbocycles. The summed E-state index contributed by atoms with van der Waals surface area (Å²) in [6, 6.07) is 9.37. The summed E-state index contributed by atoms with van der Waals surface area (Å²) in [7, 11) is 0. The number of nitrogens with one attached hydrogen (secondary N) is 1. The van der Waals surface area contributed by atoms with Gasteiger partial charge in [0.2, 0.25) is 0 Å². The molecule has 2 nitrogen and oxygen atoms in total. The van der Waals surface area contributed by atoms with Crippen LogP contribution >= 0.6 is 0 Å². The van der Waals surface area contributed by atoms with Crippen LogP contribution < -0.4 is 5.32 Å². The van der Waals surface area contributed by atoms with Crippen LogP contribution in [0.3, 0.4) is 0 Å². The van der Waals surface area contributed by atoms with E-state index in [1.54, 1.807) is 0 Å². The fourth-order valence-corrected chi connectivity index (χ4v) is 3.94. The Morgan fingerprint density at radius 3 is 2.53 bits per heavy atom. The van der Waals surface area contributed by atoms with Crippen molar-refractivity contribution in [2.45, 2.75) is 58.1 Å². The third-order valence-electron chi connectivity index (χ3n) is 5.08. The molecule has 1 spiro atoms. The van der Waals surface area contributed by atoms with Crippen LogP contribution in [0.25, 0.3) is 0 Å². The zero-order valence-corrected chi connectivity index (χ0v) is 12.1. The number of benzene rings is 1. The first-order valence-corrected chi connectivity index (χ1v) is 7.69. The maximum absolute atomic E-state index is 5.96. The Morgan fingerprint density at radius 1 is 1.21 bits per heavy atom. The van der Waals surface area contributed by atoms with Crippen molar-refractivity contribution in [1.82, 2.24) is 0 Å². The fraction of sp³-hybridized carbons (Fsp3) is 0.647. The quantitative estimate of drug-likeness (QED) is 0.877. The molecular weight excluding hydrogens is 234 g/mol. The second-order valence-electron chi connectivity index (χ2n) is 6.18. The van der Waals surface area contributed by atoms with Crippen molar-refractivity contribution in [1.29, 1.82) is 0 Å². The van der Waals surface area contributed by atoms with Gasteiger partial charge in [-0.1, -0.05) is 30.5 Å². The average Bonchev–Trinajstić information content (AvgIpc) is 2.92. The molecule has 2 heteroatoms. The Morgan fingerprint density at radius 2 is 1.89 bits per heavy atom. The lowest BCUT2D eigenvalue weighted by Gasteiger charge is -2.54. The van der Waals surface area contributed by atoms with Crippen LogP contribution in [0, 0.1) is 12.3 Å². The van der Waals surface area contributed by atoms with Crippen LogP contribution in [-0.4, -0.2) is 18.8 Å². The van der Waals surface area contributed by atoms with E-state index in [-0.39, 0.29) is 0 Å². The van der Waals surface area contributed by atoms with Gasteiger partial charge in [0.15, 0.2) is 0 Å². The zero-order chi connectivity index (χ0) is 13.3. The van der Waals surface area contributed by atoms with Crippen molar-refractivity contribution in [3.05, 3.63) is 29.8 Å². The minimum atomic E-state index is 0.418. The Bertz CT molecular complexity index is 419. The predicted octanol–water partition coefficient (Wildman–Crippen LogP) is 4.14. The van der Waals surface area contributed by atoms with Crippen molar-refractivity contribution in [2.75, 3.05) is 11.9 Å². The lowest BCUT2D eigenvalue weighted by Crippen LogP contribution is -2.60. The van der Waals surface area contributed by atoms with Crippen molar-refractivity contribution < 1.29 is 4.74 Å². The van der Waals surface area contributed by atoms with E-state index in [2.05, 4.69) is 43.4 Å². The summed E-state index contributed by atoms with van der Waals surface area (Å²) in [5.41, 5.74) is 3.00. The molecule has 0 heterocycles. The highest BCUT2D eigenvalue weighted by atomic mass is 16.5. The maximum atomic E-state index is 5.96. The highest BCUT2D eigenvalue weighted by molar-refractivity contribution is 5.46. The first-order valence-electron chi connectivity index (χ1n) is 7.69. The molecule has 1 N–H and O–H groups in total. The summed E-state index contributed by atoms with van der Waals surface area (Å²) in [5.74, 6) is 0. The van der Waals surface area contributed by atoms with Gasteiger partial charge in [-0.3, -0.25) is 0 Å². The van der Waals surface area contributed by atoms with Gasteiger partial charge in [0, 0.05) is 23.8 Å². The van der Waals surface area contributed by atoms with E-state index in [0.717, 1.165) is 6.61 Å². The molecule has 2 fully saturated rings. The van der Waals surface area contributed by atoms with E-state index in [1.165, 1.54) is 43.4 Å². The number of rotatable bonds is 4. The van der Waals surface area contributed by atoms with Gasteiger partial charge in [-0.2, -0.15) is 0 Å². The van der Waals surface area contributed by atoms with Gasteiger partial charge >= 0.3 is 0 Å². The van der Waals surface area contributed by atoms with Gasteiger partial charge in [0.05, 0.1) is 6.10 Å². The van der Waals surface area contributed by atoms with Crippen LogP contribution in [0.4, 0.5) is 5.69 Å². The average molecular weight is 259 g/mol. The van der Waals surface area contributed by atoms with Crippen molar-refractivity contribution in [3.8, 4) is 0 Å². The molecule has 0 amide bonds. The van der Waals surface area contributed by atoms with E-state index < -0.39 is 0 Å². The van der Waals surface area contributed by atoms with Crippen LogP contribution in [0.1, 0.15) is 44.6 Å². The molecule has 1 aromatic carbocycles. The molecule has 0 radical (unpaired) electrons. The Hall–Kier alpha value is -1.02. The summed E-state index contributed by atoms with van der Waals surface area (Å²) in [5, 5.41) is 3.75. The normalized spacial score (nSPS) is 28.3. The van der Waals surface area contributed by atoms with Gasteiger partial charge in [-0.25, -0.2) is 0 Å². The Kier molecular flexibility index (Phi) is 3.53. The number of anilines is 1. The molecule has 0 saturated heterocycles.